The molecule has 0 saturated heterocycles. The highest BCUT2D eigenvalue weighted by molar-refractivity contribution is 6.02. The Labute approximate surface area is 56.7 Å². The summed E-state index contributed by atoms with van der Waals surface area (Å²) in [5, 5.41) is 0. The first-order valence-corrected chi connectivity index (χ1v) is 3.28. The molecule has 0 aliphatic heterocycles. The third-order valence-electron chi connectivity index (χ3n) is 1.80. The second-order valence-corrected chi connectivity index (χ2v) is 3.33. The highest BCUT2D eigenvalue weighted by Gasteiger charge is 2.33. The van der Waals surface area contributed by atoms with Crippen LogP contribution in [0.4, 0.5) is 0 Å². The molecule has 0 spiro atoms. The molecule has 1 nitrogen and oxygen atoms in total. The average Bonchev–Trinajstić information content (AvgIpc) is 1.62. The van der Waals surface area contributed by atoms with Gasteiger partial charge in [0.1, 0.15) is 14.1 Å². The highest BCUT2D eigenvalue weighted by Crippen LogP contribution is 2.27. The van der Waals surface area contributed by atoms with Crippen LogP contribution >= 0.6 is 0 Å². The van der Waals surface area contributed by atoms with Crippen molar-refractivity contribution in [1.82, 2.24) is 0 Å². The molecule has 1 aliphatic rings. The summed E-state index contributed by atoms with van der Waals surface area (Å²) < 4.78 is 2.17. The minimum absolute atomic E-state index is 0.323. The third-order valence-corrected chi connectivity index (χ3v) is 1.80. The predicted octanol–water partition coefficient (Wildman–Crippen LogP) is 1.30. The number of allylic oxidation sites excluding steroid dienone is 2. The van der Waals surface area contributed by atoms with Crippen LogP contribution in [0.25, 0.3) is 0 Å². The summed E-state index contributed by atoms with van der Waals surface area (Å²) in [4.78, 5) is 0. The van der Waals surface area contributed by atoms with Gasteiger partial charge in [-0.25, -0.2) is 4.58 Å². The van der Waals surface area contributed by atoms with Gasteiger partial charge in [-0.2, -0.15) is 0 Å². The van der Waals surface area contributed by atoms with Gasteiger partial charge in [0.2, 0.25) is 0 Å². The molecule has 0 aromatic carbocycles. The molecule has 50 valence electrons. The van der Waals surface area contributed by atoms with Gasteiger partial charge in [-0.15, -0.1) is 0 Å². The van der Waals surface area contributed by atoms with Crippen molar-refractivity contribution in [2.75, 3.05) is 14.1 Å². The van der Waals surface area contributed by atoms with Crippen molar-refractivity contribution in [1.29, 1.82) is 0 Å². The molecule has 1 heteroatoms. The maximum Gasteiger partial charge on any atom is 0.184 e. The maximum absolute atomic E-state index is 2.22. The zero-order valence-corrected chi connectivity index (χ0v) is 6.60. The molecule has 0 aromatic rings. The molecule has 9 heavy (non-hydrogen) atoms. The molecule has 0 amide bonds. The molecular formula is C8H14N+. The maximum atomic E-state index is 2.22. The number of rotatable bonds is 0. The molecular weight excluding hydrogens is 110 g/mol. The molecule has 0 radical (unpaired) electrons. The van der Waals surface area contributed by atoms with E-state index in [0.717, 1.165) is 0 Å². The SMILES string of the molecule is C[N+](C)=C1C=CC1(C)C. The first kappa shape index (κ1) is 6.53. The topological polar surface area (TPSA) is 3.01 Å². The molecule has 1 aliphatic carbocycles. The highest BCUT2D eigenvalue weighted by atomic mass is 14.9. The Morgan fingerprint density at radius 1 is 1.33 bits per heavy atom. The van der Waals surface area contributed by atoms with Crippen molar-refractivity contribution in [3.63, 3.8) is 0 Å². The van der Waals surface area contributed by atoms with Crippen molar-refractivity contribution in [2.24, 2.45) is 5.41 Å². The van der Waals surface area contributed by atoms with Gasteiger partial charge in [-0.3, -0.25) is 0 Å². The lowest BCUT2D eigenvalue weighted by atomic mass is 9.78. The van der Waals surface area contributed by atoms with Gasteiger partial charge in [-0.05, 0) is 13.8 Å². The molecule has 0 atom stereocenters. The molecule has 0 saturated carbocycles. The number of hydrogen-bond acceptors (Lipinski definition) is 0. The lowest BCUT2D eigenvalue weighted by Crippen LogP contribution is -2.34. The van der Waals surface area contributed by atoms with Gasteiger partial charge in [0, 0.05) is 6.08 Å². The summed E-state index contributed by atoms with van der Waals surface area (Å²) in [7, 11) is 4.17. The Kier molecular flexibility index (Phi) is 1.23. The Morgan fingerprint density at radius 2 is 1.89 bits per heavy atom. The fourth-order valence-electron chi connectivity index (χ4n) is 1.22. The molecule has 0 fully saturated rings. The molecule has 0 N–H and O–H groups in total. The Hall–Kier alpha value is -0.590. The fraction of sp³-hybridized carbons (Fsp3) is 0.625. The van der Waals surface area contributed by atoms with E-state index in [1.165, 1.54) is 5.71 Å². The van der Waals surface area contributed by atoms with Gasteiger partial charge < -0.3 is 0 Å². The van der Waals surface area contributed by atoms with E-state index in [1.807, 2.05) is 0 Å². The van der Waals surface area contributed by atoms with Gasteiger partial charge in [-0.1, -0.05) is 6.08 Å². The minimum atomic E-state index is 0.323. The Balaban J connectivity index is 2.94. The first-order chi connectivity index (χ1) is 4.04. The van der Waals surface area contributed by atoms with E-state index in [0.29, 0.717) is 5.41 Å². The van der Waals surface area contributed by atoms with Crippen LogP contribution in [0.2, 0.25) is 0 Å². The zero-order chi connectivity index (χ0) is 7.07. The van der Waals surface area contributed by atoms with Gasteiger partial charge >= 0.3 is 0 Å². The van der Waals surface area contributed by atoms with Crippen LogP contribution in [-0.2, 0) is 0 Å². The van der Waals surface area contributed by atoms with Crippen LogP contribution in [0, 0.1) is 5.41 Å². The summed E-state index contributed by atoms with van der Waals surface area (Å²) >= 11 is 0. The van der Waals surface area contributed by atoms with E-state index >= 15 is 0 Å². The van der Waals surface area contributed by atoms with Gasteiger partial charge in [0.05, 0.1) is 5.41 Å². The smallest absolute Gasteiger partial charge is 0.184 e. The summed E-state index contributed by atoms with van der Waals surface area (Å²) in [6.45, 7) is 4.45. The first-order valence-electron chi connectivity index (χ1n) is 3.28. The minimum Gasteiger partial charge on any atom is -0.238 e. The normalized spacial score (nSPS) is 21.6. The van der Waals surface area contributed by atoms with Crippen molar-refractivity contribution >= 4 is 5.71 Å². The lowest BCUT2D eigenvalue weighted by molar-refractivity contribution is -0.467. The van der Waals surface area contributed by atoms with Crippen molar-refractivity contribution in [3.05, 3.63) is 12.2 Å². The van der Waals surface area contributed by atoms with Crippen LogP contribution in [0.3, 0.4) is 0 Å². The second-order valence-electron chi connectivity index (χ2n) is 3.33. The summed E-state index contributed by atoms with van der Waals surface area (Å²) in [6.07, 6.45) is 4.39. The fourth-order valence-corrected chi connectivity index (χ4v) is 1.22. The Morgan fingerprint density at radius 3 is 1.89 bits per heavy atom. The van der Waals surface area contributed by atoms with Crippen molar-refractivity contribution < 1.29 is 4.58 Å². The van der Waals surface area contributed by atoms with E-state index < -0.39 is 0 Å². The van der Waals surface area contributed by atoms with Crippen LogP contribution in [0.1, 0.15) is 13.8 Å². The van der Waals surface area contributed by atoms with Gasteiger partial charge in [0.15, 0.2) is 5.71 Å². The van der Waals surface area contributed by atoms with Crippen molar-refractivity contribution in [2.45, 2.75) is 13.8 Å². The second kappa shape index (κ2) is 1.69. The average molecular weight is 124 g/mol. The number of nitrogens with zero attached hydrogens (tertiary/aromatic N) is 1. The molecule has 0 aromatic heterocycles. The summed E-state index contributed by atoms with van der Waals surface area (Å²) in [6, 6.07) is 0. The third kappa shape index (κ3) is 0.913. The summed E-state index contributed by atoms with van der Waals surface area (Å²) in [5.74, 6) is 0. The quantitative estimate of drug-likeness (QED) is 0.428. The molecule has 0 unspecified atom stereocenters. The van der Waals surface area contributed by atoms with Crippen LogP contribution < -0.4 is 0 Å². The van der Waals surface area contributed by atoms with E-state index in [4.69, 9.17) is 0 Å². The van der Waals surface area contributed by atoms with E-state index in [2.05, 4.69) is 44.7 Å². The molecule has 0 heterocycles. The van der Waals surface area contributed by atoms with Gasteiger partial charge in [0.25, 0.3) is 0 Å². The van der Waals surface area contributed by atoms with Crippen LogP contribution in [0.15, 0.2) is 12.2 Å². The monoisotopic (exact) mass is 124 g/mol. The predicted molar refractivity (Wildman–Crippen MR) is 40.0 cm³/mol. The Bertz CT molecular complexity index is 181. The summed E-state index contributed by atoms with van der Waals surface area (Å²) in [5.41, 5.74) is 1.74. The standard InChI is InChI=1S/C8H14N/c1-8(2)6-5-7(8)9(3)4/h5-6H,1-4H3/q+1. The number of hydrogen-bond donors (Lipinski definition) is 0. The van der Waals surface area contributed by atoms with E-state index in [-0.39, 0.29) is 0 Å². The van der Waals surface area contributed by atoms with Crippen molar-refractivity contribution in [3.8, 4) is 0 Å². The molecule has 1 rings (SSSR count). The largest absolute Gasteiger partial charge is 0.238 e. The molecule has 0 bridgehead atoms. The van der Waals surface area contributed by atoms with Crippen LogP contribution in [0.5, 0.6) is 0 Å². The zero-order valence-electron chi connectivity index (χ0n) is 6.60. The van der Waals surface area contributed by atoms with E-state index in [1.54, 1.807) is 0 Å². The van der Waals surface area contributed by atoms with Crippen LogP contribution in [-0.4, -0.2) is 24.4 Å². The van der Waals surface area contributed by atoms with E-state index in [9.17, 15) is 0 Å². The lowest BCUT2D eigenvalue weighted by Gasteiger charge is -2.24.